The van der Waals surface area contributed by atoms with Gasteiger partial charge in [0.15, 0.2) is 0 Å². The average Bonchev–Trinajstić information content (AvgIpc) is 3.22. The summed E-state index contributed by atoms with van der Waals surface area (Å²) >= 11 is 0. The minimum Gasteiger partial charge on any atom is -0.368 e. The van der Waals surface area contributed by atoms with Gasteiger partial charge in [0.2, 0.25) is 11.8 Å². The highest BCUT2D eigenvalue weighted by Crippen LogP contribution is 2.33. The lowest BCUT2D eigenvalue weighted by atomic mass is 10.1. The smallest absolute Gasteiger partial charge is 0.269 e. The molecule has 112 valence electrons. The first-order valence-corrected chi connectivity index (χ1v) is 6.77. The molecule has 3 N–H and O–H groups in total. The molecule has 21 heavy (non-hydrogen) atoms. The van der Waals surface area contributed by atoms with E-state index in [1.54, 1.807) is 6.07 Å². The molecule has 2 amide bonds. The first-order chi connectivity index (χ1) is 9.95. The monoisotopic (exact) mass is 291 g/mol. The number of nitrogens with zero attached hydrogens (tertiary/aromatic N) is 1. The highest BCUT2D eigenvalue weighted by atomic mass is 16.6. The summed E-state index contributed by atoms with van der Waals surface area (Å²) in [4.78, 5) is 33.4. The lowest BCUT2D eigenvalue weighted by Gasteiger charge is -2.15. The number of amides is 2. The highest BCUT2D eigenvalue weighted by molar-refractivity contribution is 5.87. The van der Waals surface area contributed by atoms with E-state index in [1.807, 2.05) is 0 Å². The van der Waals surface area contributed by atoms with Gasteiger partial charge in [-0.25, -0.2) is 0 Å². The van der Waals surface area contributed by atoms with Crippen molar-refractivity contribution in [2.24, 2.45) is 11.7 Å². The van der Waals surface area contributed by atoms with Crippen molar-refractivity contribution in [1.29, 1.82) is 0 Å². The van der Waals surface area contributed by atoms with Gasteiger partial charge >= 0.3 is 0 Å². The summed E-state index contributed by atoms with van der Waals surface area (Å²) in [5.41, 5.74) is 5.73. The topological polar surface area (TPSA) is 115 Å². The maximum atomic E-state index is 11.9. The van der Waals surface area contributed by atoms with Crippen LogP contribution >= 0.6 is 0 Å². The third-order valence-electron chi connectivity index (χ3n) is 3.43. The van der Waals surface area contributed by atoms with Gasteiger partial charge in [-0.1, -0.05) is 25.0 Å². The quantitative estimate of drug-likeness (QED) is 0.573. The Morgan fingerprint density at radius 3 is 2.71 bits per heavy atom. The van der Waals surface area contributed by atoms with E-state index < -0.39 is 16.9 Å². The molecule has 1 aliphatic rings. The van der Waals surface area contributed by atoms with Crippen LogP contribution in [0.5, 0.6) is 0 Å². The third-order valence-corrected chi connectivity index (χ3v) is 3.43. The van der Waals surface area contributed by atoms with Crippen molar-refractivity contribution in [3.63, 3.8) is 0 Å². The van der Waals surface area contributed by atoms with Crippen molar-refractivity contribution < 1.29 is 14.5 Å². The SMILES string of the molecule is NC(=O)[C@@H](CC1CC1)NC(=O)Cc1cccc([N+](=O)[O-])c1. The Morgan fingerprint density at radius 2 is 2.14 bits per heavy atom. The van der Waals surface area contributed by atoms with Gasteiger partial charge in [0.1, 0.15) is 6.04 Å². The Morgan fingerprint density at radius 1 is 1.43 bits per heavy atom. The molecular weight excluding hydrogens is 274 g/mol. The lowest BCUT2D eigenvalue weighted by molar-refractivity contribution is -0.384. The standard InChI is InChI=1S/C14H17N3O4/c15-14(19)12(7-9-4-5-9)16-13(18)8-10-2-1-3-11(6-10)17(20)21/h1-3,6,9,12H,4-5,7-8H2,(H2,15,19)(H,16,18)/t12-/m1/s1. The van der Waals surface area contributed by atoms with Gasteiger partial charge in [-0.3, -0.25) is 19.7 Å². The molecule has 1 saturated carbocycles. The molecule has 0 aliphatic heterocycles. The van der Waals surface area contributed by atoms with Gasteiger partial charge in [0.05, 0.1) is 11.3 Å². The van der Waals surface area contributed by atoms with Crippen LogP contribution in [0.15, 0.2) is 24.3 Å². The van der Waals surface area contributed by atoms with Gasteiger partial charge in [0, 0.05) is 12.1 Å². The second-order valence-corrected chi connectivity index (χ2v) is 5.31. The number of nitro groups is 1. The molecule has 7 nitrogen and oxygen atoms in total. The number of hydrogen-bond donors (Lipinski definition) is 2. The number of nitrogens with two attached hydrogens (primary N) is 1. The van der Waals surface area contributed by atoms with E-state index in [4.69, 9.17) is 5.73 Å². The fourth-order valence-corrected chi connectivity index (χ4v) is 2.14. The molecule has 0 radical (unpaired) electrons. The van der Waals surface area contributed by atoms with E-state index in [1.165, 1.54) is 18.2 Å². The molecule has 0 spiro atoms. The van der Waals surface area contributed by atoms with Crippen LogP contribution in [0.25, 0.3) is 0 Å². The summed E-state index contributed by atoms with van der Waals surface area (Å²) in [5.74, 6) is -0.449. The molecular formula is C14H17N3O4. The predicted octanol–water partition coefficient (Wildman–Crippen LogP) is 0.907. The number of non-ortho nitro benzene ring substituents is 1. The Hall–Kier alpha value is -2.44. The second kappa shape index (κ2) is 6.34. The van der Waals surface area contributed by atoms with Crippen LogP contribution < -0.4 is 11.1 Å². The summed E-state index contributed by atoms with van der Waals surface area (Å²) in [5, 5.41) is 13.3. The van der Waals surface area contributed by atoms with Crippen molar-refractivity contribution in [2.45, 2.75) is 31.7 Å². The minimum absolute atomic E-state index is 0.0177. The van der Waals surface area contributed by atoms with E-state index in [2.05, 4.69) is 5.32 Å². The first-order valence-electron chi connectivity index (χ1n) is 6.77. The van der Waals surface area contributed by atoms with E-state index in [-0.39, 0.29) is 18.0 Å². The molecule has 0 saturated heterocycles. The van der Waals surface area contributed by atoms with Crippen LogP contribution in [0.1, 0.15) is 24.8 Å². The number of benzene rings is 1. The zero-order valence-corrected chi connectivity index (χ0v) is 11.5. The maximum absolute atomic E-state index is 11.9. The summed E-state index contributed by atoms with van der Waals surface area (Å²) in [7, 11) is 0. The van der Waals surface area contributed by atoms with Crippen LogP contribution in [0.4, 0.5) is 5.69 Å². The summed E-state index contributed by atoms with van der Waals surface area (Å²) in [6.07, 6.45) is 2.67. The number of carbonyl (C=O) groups is 2. The van der Waals surface area contributed by atoms with Gasteiger partial charge in [-0.2, -0.15) is 0 Å². The Bertz CT molecular complexity index is 569. The lowest BCUT2D eigenvalue weighted by Crippen LogP contribution is -2.45. The summed E-state index contributed by atoms with van der Waals surface area (Å²) in [6, 6.07) is 5.20. The molecule has 0 heterocycles. The summed E-state index contributed by atoms with van der Waals surface area (Å²) < 4.78 is 0. The molecule has 7 heteroatoms. The van der Waals surface area contributed by atoms with E-state index in [9.17, 15) is 19.7 Å². The van der Waals surface area contributed by atoms with Crippen molar-refractivity contribution in [2.75, 3.05) is 0 Å². The van der Waals surface area contributed by atoms with Gasteiger partial charge in [-0.05, 0) is 17.9 Å². The zero-order valence-electron chi connectivity index (χ0n) is 11.5. The fraction of sp³-hybridized carbons (Fsp3) is 0.429. The van der Waals surface area contributed by atoms with Gasteiger partial charge in [-0.15, -0.1) is 0 Å². The highest BCUT2D eigenvalue weighted by Gasteiger charge is 2.29. The van der Waals surface area contributed by atoms with Crippen LogP contribution in [0.2, 0.25) is 0 Å². The second-order valence-electron chi connectivity index (χ2n) is 5.31. The number of carbonyl (C=O) groups excluding carboxylic acids is 2. The van der Waals surface area contributed by atoms with Crippen molar-refractivity contribution in [3.05, 3.63) is 39.9 Å². The molecule has 1 aliphatic carbocycles. The molecule has 1 atom stereocenters. The summed E-state index contributed by atoms with van der Waals surface area (Å²) in [6.45, 7) is 0. The molecule has 1 aromatic carbocycles. The Labute approximate surface area is 121 Å². The van der Waals surface area contributed by atoms with Crippen LogP contribution in [-0.2, 0) is 16.0 Å². The van der Waals surface area contributed by atoms with Gasteiger partial charge < -0.3 is 11.1 Å². The van der Waals surface area contributed by atoms with Gasteiger partial charge in [0.25, 0.3) is 5.69 Å². The zero-order chi connectivity index (χ0) is 15.4. The molecule has 2 rings (SSSR count). The third kappa shape index (κ3) is 4.55. The van der Waals surface area contributed by atoms with Crippen molar-refractivity contribution in [1.82, 2.24) is 5.32 Å². The minimum atomic E-state index is -0.663. The van der Waals surface area contributed by atoms with Crippen LogP contribution in [0, 0.1) is 16.0 Å². The van der Waals surface area contributed by atoms with Crippen molar-refractivity contribution in [3.8, 4) is 0 Å². The number of primary amides is 1. The van der Waals surface area contributed by atoms with E-state index >= 15 is 0 Å². The normalized spacial score (nSPS) is 15.2. The number of nitro benzene ring substituents is 1. The first kappa shape index (κ1) is 15.0. The Kier molecular flexibility index (Phi) is 4.52. The van der Waals surface area contributed by atoms with Crippen molar-refractivity contribution >= 4 is 17.5 Å². The number of rotatable bonds is 7. The van der Waals surface area contributed by atoms with Crippen LogP contribution in [0.3, 0.4) is 0 Å². The molecule has 1 fully saturated rings. The average molecular weight is 291 g/mol. The van der Waals surface area contributed by atoms with E-state index in [0.29, 0.717) is 17.9 Å². The molecule has 0 aromatic heterocycles. The fourth-order valence-electron chi connectivity index (χ4n) is 2.14. The molecule has 0 unspecified atom stereocenters. The van der Waals surface area contributed by atoms with E-state index in [0.717, 1.165) is 12.8 Å². The Balaban J connectivity index is 1.94. The molecule has 0 bridgehead atoms. The molecule has 1 aromatic rings. The predicted molar refractivity (Wildman–Crippen MR) is 75.3 cm³/mol. The number of nitrogens with one attached hydrogen (secondary N) is 1. The number of hydrogen-bond acceptors (Lipinski definition) is 4. The van der Waals surface area contributed by atoms with Crippen LogP contribution in [-0.4, -0.2) is 22.8 Å². The largest absolute Gasteiger partial charge is 0.368 e. The maximum Gasteiger partial charge on any atom is 0.269 e.